The van der Waals surface area contributed by atoms with Crippen LogP contribution < -0.4 is 10.1 Å². The molecular formula is C21H26N4O2. The highest BCUT2D eigenvalue weighted by molar-refractivity contribution is 6.04. The standard InChI is InChI=1S/C21H26N4O2/c1-15(2)14-27-17-10-8-16(9-11-17)22-21(26)20-18(13-24(3)4)25-12-6-5-7-19(25)23-20/h5-12,15H,13-14H2,1-4H3,(H,22,26). The van der Waals surface area contributed by atoms with Crippen molar-refractivity contribution in [3.63, 3.8) is 0 Å². The summed E-state index contributed by atoms with van der Waals surface area (Å²) < 4.78 is 7.64. The van der Waals surface area contributed by atoms with Crippen LogP contribution in [0.4, 0.5) is 5.69 Å². The van der Waals surface area contributed by atoms with Gasteiger partial charge in [0.2, 0.25) is 0 Å². The van der Waals surface area contributed by atoms with Gasteiger partial charge in [-0.15, -0.1) is 0 Å². The van der Waals surface area contributed by atoms with Crippen molar-refractivity contribution >= 4 is 17.2 Å². The molecule has 0 aliphatic rings. The first kappa shape index (κ1) is 18.9. The predicted molar refractivity (Wildman–Crippen MR) is 107 cm³/mol. The van der Waals surface area contributed by atoms with E-state index in [0.717, 1.165) is 17.1 Å². The Kier molecular flexibility index (Phi) is 5.76. The van der Waals surface area contributed by atoms with Crippen LogP contribution in [-0.4, -0.2) is 40.9 Å². The molecule has 0 aliphatic carbocycles. The van der Waals surface area contributed by atoms with Gasteiger partial charge in [-0.2, -0.15) is 0 Å². The van der Waals surface area contributed by atoms with Crippen LogP contribution in [0.3, 0.4) is 0 Å². The fraction of sp³-hybridized carbons (Fsp3) is 0.333. The molecule has 1 amide bonds. The molecule has 3 rings (SSSR count). The van der Waals surface area contributed by atoms with Crippen molar-refractivity contribution in [2.24, 2.45) is 5.92 Å². The maximum atomic E-state index is 12.8. The Hall–Kier alpha value is -2.86. The molecular weight excluding hydrogens is 340 g/mol. The summed E-state index contributed by atoms with van der Waals surface area (Å²) in [5.74, 6) is 1.05. The highest BCUT2D eigenvalue weighted by Crippen LogP contribution is 2.19. The third-order valence-electron chi connectivity index (χ3n) is 4.01. The number of imidazole rings is 1. The van der Waals surface area contributed by atoms with E-state index in [-0.39, 0.29) is 5.91 Å². The van der Waals surface area contributed by atoms with Gasteiger partial charge in [-0.1, -0.05) is 19.9 Å². The number of hydrogen-bond acceptors (Lipinski definition) is 4. The van der Waals surface area contributed by atoms with Crippen molar-refractivity contribution in [2.45, 2.75) is 20.4 Å². The van der Waals surface area contributed by atoms with Gasteiger partial charge >= 0.3 is 0 Å². The Labute approximate surface area is 159 Å². The summed E-state index contributed by atoms with van der Waals surface area (Å²) >= 11 is 0. The van der Waals surface area contributed by atoms with Gasteiger partial charge in [-0.25, -0.2) is 4.98 Å². The molecule has 0 bridgehead atoms. The van der Waals surface area contributed by atoms with Gasteiger partial charge in [-0.05, 0) is 56.4 Å². The Morgan fingerprint density at radius 3 is 2.59 bits per heavy atom. The van der Waals surface area contributed by atoms with Crippen molar-refractivity contribution in [1.82, 2.24) is 14.3 Å². The highest BCUT2D eigenvalue weighted by atomic mass is 16.5. The van der Waals surface area contributed by atoms with Crippen LogP contribution in [0.15, 0.2) is 48.7 Å². The van der Waals surface area contributed by atoms with E-state index in [1.54, 1.807) is 0 Å². The molecule has 0 atom stereocenters. The molecule has 0 aliphatic heterocycles. The number of aromatic nitrogens is 2. The van der Waals surface area contributed by atoms with E-state index >= 15 is 0 Å². The van der Waals surface area contributed by atoms with Gasteiger partial charge in [0.15, 0.2) is 5.69 Å². The third kappa shape index (κ3) is 4.65. The number of pyridine rings is 1. The van der Waals surface area contributed by atoms with Crippen LogP contribution in [0.25, 0.3) is 5.65 Å². The predicted octanol–water partition coefficient (Wildman–Crippen LogP) is 3.68. The molecule has 0 radical (unpaired) electrons. The van der Waals surface area contributed by atoms with E-state index in [2.05, 4.69) is 24.1 Å². The Balaban J connectivity index is 1.79. The number of anilines is 1. The molecule has 3 aromatic rings. The number of nitrogens with zero attached hydrogens (tertiary/aromatic N) is 3. The van der Waals surface area contributed by atoms with Gasteiger partial charge < -0.3 is 19.4 Å². The molecule has 0 spiro atoms. The lowest BCUT2D eigenvalue weighted by atomic mass is 10.2. The monoisotopic (exact) mass is 366 g/mol. The maximum absolute atomic E-state index is 12.8. The molecule has 6 heteroatoms. The number of carbonyl (C=O) groups excluding carboxylic acids is 1. The molecule has 2 heterocycles. The van der Waals surface area contributed by atoms with E-state index in [0.29, 0.717) is 30.5 Å². The molecule has 0 unspecified atom stereocenters. The van der Waals surface area contributed by atoms with Crippen LogP contribution in [0.5, 0.6) is 5.75 Å². The first-order valence-electron chi connectivity index (χ1n) is 9.09. The lowest BCUT2D eigenvalue weighted by Gasteiger charge is -2.12. The lowest BCUT2D eigenvalue weighted by Crippen LogP contribution is -2.19. The Bertz CT molecular complexity index is 914. The summed E-state index contributed by atoms with van der Waals surface area (Å²) in [6.45, 7) is 5.50. The topological polar surface area (TPSA) is 58.9 Å². The second-order valence-corrected chi connectivity index (χ2v) is 7.26. The number of amides is 1. The van der Waals surface area contributed by atoms with E-state index < -0.39 is 0 Å². The smallest absolute Gasteiger partial charge is 0.276 e. The van der Waals surface area contributed by atoms with E-state index in [9.17, 15) is 4.79 Å². The van der Waals surface area contributed by atoms with Gasteiger partial charge in [0, 0.05) is 18.4 Å². The van der Waals surface area contributed by atoms with Crippen LogP contribution >= 0.6 is 0 Å². The number of ether oxygens (including phenoxy) is 1. The normalized spacial score (nSPS) is 11.3. The molecule has 27 heavy (non-hydrogen) atoms. The Morgan fingerprint density at radius 1 is 1.19 bits per heavy atom. The largest absolute Gasteiger partial charge is 0.493 e. The maximum Gasteiger partial charge on any atom is 0.276 e. The minimum atomic E-state index is -0.216. The van der Waals surface area contributed by atoms with Gasteiger partial charge in [0.05, 0.1) is 12.3 Å². The molecule has 1 N–H and O–H groups in total. The SMILES string of the molecule is CC(C)COc1ccc(NC(=O)c2nc3ccccn3c2CN(C)C)cc1. The molecule has 2 aromatic heterocycles. The number of hydrogen-bond donors (Lipinski definition) is 1. The molecule has 0 saturated heterocycles. The van der Waals surface area contributed by atoms with Gasteiger partial charge in [0.25, 0.3) is 5.91 Å². The first-order chi connectivity index (χ1) is 12.9. The first-order valence-corrected chi connectivity index (χ1v) is 9.09. The fourth-order valence-electron chi connectivity index (χ4n) is 2.77. The third-order valence-corrected chi connectivity index (χ3v) is 4.01. The zero-order chi connectivity index (χ0) is 19.4. The minimum absolute atomic E-state index is 0.216. The summed E-state index contributed by atoms with van der Waals surface area (Å²) in [6.07, 6.45) is 1.93. The average molecular weight is 366 g/mol. The summed E-state index contributed by atoms with van der Waals surface area (Å²) in [5.41, 5.74) is 2.78. The zero-order valence-corrected chi connectivity index (χ0v) is 16.3. The van der Waals surface area contributed by atoms with Crippen LogP contribution in [-0.2, 0) is 6.54 Å². The summed E-state index contributed by atoms with van der Waals surface area (Å²) in [4.78, 5) is 19.4. The van der Waals surface area contributed by atoms with Crippen LogP contribution in [0.2, 0.25) is 0 Å². The van der Waals surface area contributed by atoms with E-state index in [4.69, 9.17) is 4.74 Å². The van der Waals surface area contributed by atoms with E-state index in [1.165, 1.54) is 0 Å². The number of carbonyl (C=O) groups is 1. The summed E-state index contributed by atoms with van der Waals surface area (Å²) in [7, 11) is 3.94. The van der Waals surface area contributed by atoms with Crippen molar-refractivity contribution < 1.29 is 9.53 Å². The molecule has 142 valence electrons. The zero-order valence-electron chi connectivity index (χ0n) is 16.3. The number of rotatable bonds is 7. The van der Waals surface area contributed by atoms with Gasteiger partial charge in [-0.3, -0.25) is 4.79 Å². The van der Waals surface area contributed by atoms with Crippen molar-refractivity contribution in [3.8, 4) is 5.75 Å². The molecule has 1 aromatic carbocycles. The molecule has 6 nitrogen and oxygen atoms in total. The minimum Gasteiger partial charge on any atom is -0.493 e. The van der Waals surface area contributed by atoms with Crippen molar-refractivity contribution in [2.75, 3.05) is 26.0 Å². The van der Waals surface area contributed by atoms with Crippen LogP contribution in [0, 0.1) is 5.92 Å². The van der Waals surface area contributed by atoms with Crippen molar-refractivity contribution in [1.29, 1.82) is 0 Å². The van der Waals surface area contributed by atoms with E-state index in [1.807, 2.05) is 72.1 Å². The highest BCUT2D eigenvalue weighted by Gasteiger charge is 2.19. The number of fused-ring (bicyclic) bond motifs is 1. The fourth-order valence-corrected chi connectivity index (χ4v) is 2.77. The average Bonchev–Trinajstić information content (AvgIpc) is 2.99. The number of benzene rings is 1. The molecule has 0 saturated carbocycles. The summed E-state index contributed by atoms with van der Waals surface area (Å²) in [6, 6.07) is 13.2. The lowest BCUT2D eigenvalue weighted by molar-refractivity contribution is 0.102. The second kappa shape index (κ2) is 8.22. The van der Waals surface area contributed by atoms with Crippen molar-refractivity contribution in [3.05, 3.63) is 60.0 Å². The van der Waals surface area contributed by atoms with Crippen LogP contribution in [0.1, 0.15) is 30.0 Å². The second-order valence-electron chi connectivity index (χ2n) is 7.26. The Morgan fingerprint density at radius 2 is 1.93 bits per heavy atom. The quantitative estimate of drug-likeness (QED) is 0.693. The van der Waals surface area contributed by atoms with Gasteiger partial charge in [0.1, 0.15) is 11.4 Å². The molecule has 0 fully saturated rings. The number of nitrogens with one attached hydrogen (secondary N) is 1. The summed E-state index contributed by atoms with van der Waals surface area (Å²) in [5, 5.41) is 2.94.